The molecule has 0 N–H and O–H groups in total. The Balaban J connectivity index is 1.51. The lowest BCUT2D eigenvalue weighted by atomic mass is 9.77. The van der Waals surface area contributed by atoms with Crippen LogP contribution >= 0.6 is 0 Å². The van der Waals surface area contributed by atoms with Gasteiger partial charge in [0.05, 0.1) is 0 Å². The van der Waals surface area contributed by atoms with E-state index in [0.717, 1.165) is 43.2 Å². The minimum Gasteiger partial charge on any atom is -0.478 e. The Kier molecular flexibility index (Phi) is 8.16. The third-order valence-electron chi connectivity index (χ3n) is 7.20. The van der Waals surface area contributed by atoms with Crippen LogP contribution in [-0.4, -0.2) is 12.8 Å². The maximum atomic E-state index is 15.1. The lowest BCUT2D eigenvalue weighted by molar-refractivity contribution is -0.154. The van der Waals surface area contributed by atoms with Crippen LogP contribution in [0.1, 0.15) is 69.8 Å². The molecular formula is C29H30F6O. The van der Waals surface area contributed by atoms with Crippen molar-refractivity contribution in [3.05, 3.63) is 65.5 Å². The van der Waals surface area contributed by atoms with E-state index in [1.54, 1.807) is 12.1 Å². The predicted molar refractivity (Wildman–Crippen MR) is 130 cm³/mol. The van der Waals surface area contributed by atoms with Gasteiger partial charge in [-0.15, -0.1) is 0 Å². The Morgan fingerprint density at radius 3 is 2.28 bits per heavy atom. The smallest absolute Gasteiger partial charge is 0.422 e. The summed E-state index contributed by atoms with van der Waals surface area (Å²) in [6.45, 7) is 0.402. The molecule has 1 nitrogen and oxygen atoms in total. The molecule has 1 fully saturated rings. The first-order valence-electron chi connectivity index (χ1n) is 12.6. The molecule has 194 valence electrons. The number of unbranched alkanes of at least 4 members (excludes halogenated alkanes) is 2. The number of benzene rings is 3. The summed E-state index contributed by atoms with van der Waals surface area (Å²) in [6.07, 6.45) is 4.72. The maximum absolute atomic E-state index is 15.1. The summed E-state index contributed by atoms with van der Waals surface area (Å²) in [7, 11) is 0. The van der Waals surface area contributed by atoms with Gasteiger partial charge in [0.15, 0.2) is 24.0 Å². The lowest BCUT2D eigenvalue weighted by Crippen LogP contribution is -2.20. The Morgan fingerprint density at radius 1 is 0.861 bits per heavy atom. The van der Waals surface area contributed by atoms with E-state index in [2.05, 4.69) is 11.7 Å². The average molecular weight is 509 g/mol. The van der Waals surface area contributed by atoms with E-state index in [9.17, 15) is 22.0 Å². The molecule has 0 amide bonds. The average Bonchev–Trinajstić information content (AvgIpc) is 2.83. The molecule has 0 aliphatic heterocycles. The van der Waals surface area contributed by atoms with E-state index in [1.165, 1.54) is 43.9 Å². The molecule has 3 aromatic carbocycles. The van der Waals surface area contributed by atoms with Crippen molar-refractivity contribution in [2.45, 2.75) is 70.4 Å². The van der Waals surface area contributed by atoms with Gasteiger partial charge in [-0.05, 0) is 72.2 Å². The predicted octanol–water partition coefficient (Wildman–Crippen LogP) is 9.72. The standard InChI is InChI=1S/C29H30F6O/c1-2-3-4-5-18-6-8-19(9-7-18)20-10-12-23(25(30)15-20)21-11-13-24-22(14-21)16-26(31)28(27(24)32)36-17-29(33,34)35/h10-16,18-19H,2-9,17H2,1H3. The lowest BCUT2D eigenvalue weighted by Gasteiger charge is -2.29. The Labute approximate surface area is 207 Å². The number of ether oxygens (including phenoxy) is 1. The fraction of sp³-hybridized carbons (Fsp3) is 0.448. The van der Waals surface area contributed by atoms with E-state index in [-0.39, 0.29) is 10.8 Å². The van der Waals surface area contributed by atoms with Crippen LogP contribution in [-0.2, 0) is 0 Å². The van der Waals surface area contributed by atoms with Gasteiger partial charge in [0, 0.05) is 10.9 Å². The summed E-state index contributed by atoms with van der Waals surface area (Å²) in [5.74, 6) is -2.88. The van der Waals surface area contributed by atoms with Crippen LogP contribution in [0.25, 0.3) is 21.9 Å². The van der Waals surface area contributed by atoms with Crippen LogP contribution in [0, 0.1) is 23.4 Å². The van der Waals surface area contributed by atoms with Gasteiger partial charge < -0.3 is 4.74 Å². The summed E-state index contributed by atoms with van der Waals surface area (Å²) in [5, 5.41) is -0.00298. The molecule has 7 heteroatoms. The minimum absolute atomic E-state index is 0.103. The Hall–Kier alpha value is -2.70. The zero-order chi connectivity index (χ0) is 25.9. The quantitative estimate of drug-likeness (QED) is 0.217. The van der Waals surface area contributed by atoms with Crippen molar-refractivity contribution in [3.8, 4) is 16.9 Å². The summed E-state index contributed by atoms with van der Waals surface area (Å²) < 4.78 is 85.7. The van der Waals surface area contributed by atoms with Crippen molar-refractivity contribution in [2.75, 3.05) is 6.61 Å². The van der Waals surface area contributed by atoms with Gasteiger partial charge in [-0.3, -0.25) is 0 Å². The van der Waals surface area contributed by atoms with Crippen LogP contribution in [0.5, 0.6) is 5.75 Å². The fourth-order valence-corrected chi connectivity index (χ4v) is 5.25. The molecule has 1 saturated carbocycles. The second-order valence-electron chi connectivity index (χ2n) is 9.79. The zero-order valence-electron chi connectivity index (χ0n) is 20.2. The van der Waals surface area contributed by atoms with E-state index < -0.39 is 36.0 Å². The second-order valence-corrected chi connectivity index (χ2v) is 9.79. The van der Waals surface area contributed by atoms with Crippen molar-refractivity contribution >= 4 is 10.8 Å². The molecule has 0 radical (unpaired) electrons. The molecule has 36 heavy (non-hydrogen) atoms. The molecule has 0 spiro atoms. The number of alkyl halides is 3. The van der Waals surface area contributed by atoms with Gasteiger partial charge in [0.2, 0.25) is 0 Å². The Morgan fingerprint density at radius 2 is 1.61 bits per heavy atom. The normalized spacial score (nSPS) is 18.5. The molecule has 1 aliphatic carbocycles. The SMILES string of the molecule is CCCCCC1CCC(c2ccc(-c3ccc4c(F)c(OCC(F)(F)F)c(F)cc4c3)c(F)c2)CC1. The molecular weight excluding hydrogens is 478 g/mol. The topological polar surface area (TPSA) is 9.23 Å². The van der Waals surface area contributed by atoms with Crippen LogP contribution in [0.15, 0.2) is 42.5 Å². The van der Waals surface area contributed by atoms with Crippen LogP contribution in [0.4, 0.5) is 26.3 Å². The van der Waals surface area contributed by atoms with E-state index in [4.69, 9.17) is 0 Å². The largest absolute Gasteiger partial charge is 0.478 e. The van der Waals surface area contributed by atoms with E-state index in [0.29, 0.717) is 17.0 Å². The number of rotatable bonds is 8. The van der Waals surface area contributed by atoms with Crippen molar-refractivity contribution in [3.63, 3.8) is 0 Å². The van der Waals surface area contributed by atoms with E-state index >= 15 is 4.39 Å². The summed E-state index contributed by atoms with van der Waals surface area (Å²) >= 11 is 0. The van der Waals surface area contributed by atoms with Gasteiger partial charge in [-0.2, -0.15) is 13.2 Å². The van der Waals surface area contributed by atoms with Crippen LogP contribution in [0.2, 0.25) is 0 Å². The molecule has 0 aromatic heterocycles. The highest BCUT2D eigenvalue weighted by atomic mass is 19.4. The summed E-state index contributed by atoms with van der Waals surface area (Å²) in [5.41, 5.74) is 1.69. The van der Waals surface area contributed by atoms with Gasteiger partial charge >= 0.3 is 6.18 Å². The molecule has 0 saturated heterocycles. The van der Waals surface area contributed by atoms with Gasteiger partial charge in [-0.1, -0.05) is 56.9 Å². The maximum Gasteiger partial charge on any atom is 0.422 e. The highest BCUT2D eigenvalue weighted by Crippen LogP contribution is 2.39. The first-order valence-corrected chi connectivity index (χ1v) is 12.6. The number of fused-ring (bicyclic) bond motifs is 1. The van der Waals surface area contributed by atoms with Gasteiger partial charge in [-0.25, -0.2) is 13.2 Å². The molecule has 0 heterocycles. The number of hydrogen-bond acceptors (Lipinski definition) is 1. The third-order valence-corrected chi connectivity index (χ3v) is 7.20. The number of halogens is 6. The zero-order valence-corrected chi connectivity index (χ0v) is 20.2. The molecule has 0 unspecified atom stereocenters. The first-order chi connectivity index (χ1) is 17.2. The van der Waals surface area contributed by atoms with Gasteiger partial charge in [0.1, 0.15) is 5.82 Å². The van der Waals surface area contributed by atoms with Crippen molar-refractivity contribution in [1.29, 1.82) is 0 Å². The van der Waals surface area contributed by atoms with Crippen LogP contribution < -0.4 is 4.74 Å². The molecule has 0 atom stereocenters. The highest BCUT2D eigenvalue weighted by molar-refractivity contribution is 5.89. The molecule has 0 bridgehead atoms. The first kappa shape index (κ1) is 26.4. The molecule has 3 aromatic rings. The van der Waals surface area contributed by atoms with Crippen molar-refractivity contribution in [1.82, 2.24) is 0 Å². The number of hydrogen-bond donors (Lipinski definition) is 0. The second kappa shape index (κ2) is 11.1. The van der Waals surface area contributed by atoms with Crippen LogP contribution in [0.3, 0.4) is 0 Å². The molecule has 4 rings (SSSR count). The third kappa shape index (κ3) is 6.16. The summed E-state index contributed by atoms with van der Waals surface area (Å²) in [4.78, 5) is 0. The van der Waals surface area contributed by atoms with E-state index in [1.807, 2.05) is 6.07 Å². The van der Waals surface area contributed by atoms with Gasteiger partial charge in [0.25, 0.3) is 0 Å². The summed E-state index contributed by atoms with van der Waals surface area (Å²) in [6, 6.07) is 10.3. The monoisotopic (exact) mass is 508 g/mol. The van der Waals surface area contributed by atoms with Crippen molar-refractivity contribution in [2.24, 2.45) is 5.92 Å². The molecule has 1 aliphatic rings. The highest BCUT2D eigenvalue weighted by Gasteiger charge is 2.30. The van der Waals surface area contributed by atoms with Crippen molar-refractivity contribution < 1.29 is 31.1 Å². The Bertz CT molecular complexity index is 1190. The minimum atomic E-state index is -4.73. The fourth-order valence-electron chi connectivity index (χ4n) is 5.25.